The van der Waals surface area contributed by atoms with Crippen molar-refractivity contribution in [1.29, 1.82) is 0 Å². The molecular formula is C19H26ClNO4S. The summed E-state index contributed by atoms with van der Waals surface area (Å²) in [6.45, 7) is 1.56. The summed E-state index contributed by atoms with van der Waals surface area (Å²) in [4.78, 5) is 13.0. The smallest absolute Gasteiger partial charge is 0.241 e. The van der Waals surface area contributed by atoms with E-state index in [0.29, 0.717) is 37.6 Å². The Morgan fingerprint density at radius 2 is 1.77 bits per heavy atom. The van der Waals surface area contributed by atoms with E-state index in [-0.39, 0.29) is 11.3 Å². The molecule has 1 aromatic rings. The van der Waals surface area contributed by atoms with Crippen LogP contribution in [0.4, 0.5) is 0 Å². The number of halogens is 1. The number of nitrogens with one attached hydrogen (secondary N) is 1. The van der Waals surface area contributed by atoms with E-state index in [1.165, 1.54) is 6.26 Å². The highest BCUT2D eigenvalue weighted by Gasteiger charge is 2.50. The van der Waals surface area contributed by atoms with Crippen molar-refractivity contribution >= 4 is 27.3 Å². The SMILES string of the molecule is CS(=O)(=O)C1(C(=O)NCC2(c3ccccc3Cl)CCOCC2)CCCC1. The summed E-state index contributed by atoms with van der Waals surface area (Å²) < 4.78 is 28.9. The van der Waals surface area contributed by atoms with Crippen LogP contribution in [-0.4, -0.2) is 45.1 Å². The highest BCUT2D eigenvalue weighted by molar-refractivity contribution is 7.92. The molecule has 0 spiro atoms. The summed E-state index contributed by atoms with van der Waals surface area (Å²) in [5.74, 6) is -0.365. The number of amides is 1. The van der Waals surface area contributed by atoms with Gasteiger partial charge in [-0.3, -0.25) is 4.79 Å². The third-order valence-corrected chi connectivity index (χ3v) is 8.36. The van der Waals surface area contributed by atoms with Gasteiger partial charge in [0.15, 0.2) is 9.84 Å². The van der Waals surface area contributed by atoms with Gasteiger partial charge in [-0.05, 0) is 37.3 Å². The first-order chi connectivity index (χ1) is 12.3. The van der Waals surface area contributed by atoms with Gasteiger partial charge in [0.2, 0.25) is 5.91 Å². The van der Waals surface area contributed by atoms with E-state index < -0.39 is 14.6 Å². The lowest BCUT2D eigenvalue weighted by molar-refractivity contribution is -0.124. The summed E-state index contributed by atoms with van der Waals surface area (Å²) in [7, 11) is -3.47. The molecule has 5 nitrogen and oxygen atoms in total. The Hall–Kier alpha value is -1.11. The molecule has 0 atom stereocenters. The second-order valence-electron chi connectivity index (χ2n) is 7.53. The molecule has 144 valence electrons. The average Bonchev–Trinajstić information content (AvgIpc) is 3.12. The van der Waals surface area contributed by atoms with Crippen LogP contribution in [0.1, 0.15) is 44.1 Å². The van der Waals surface area contributed by atoms with Gasteiger partial charge in [0.25, 0.3) is 0 Å². The molecule has 3 rings (SSSR count). The fourth-order valence-electron chi connectivity index (χ4n) is 4.32. The first kappa shape index (κ1) is 19.6. The second kappa shape index (κ2) is 7.49. The van der Waals surface area contributed by atoms with Crippen molar-refractivity contribution in [2.75, 3.05) is 26.0 Å². The standard InChI is InChI=1S/C19H26ClNO4S/c1-26(23,24)19(8-4-5-9-19)17(22)21-14-18(10-12-25-13-11-18)15-6-2-3-7-16(15)20/h2-3,6-7H,4-5,8-14H2,1H3,(H,21,22). The zero-order valence-electron chi connectivity index (χ0n) is 15.1. The van der Waals surface area contributed by atoms with Crippen molar-refractivity contribution < 1.29 is 17.9 Å². The van der Waals surface area contributed by atoms with Crippen LogP contribution >= 0.6 is 11.6 Å². The predicted octanol–water partition coefficient (Wildman–Crippen LogP) is 2.86. The molecule has 0 aromatic heterocycles. The maximum Gasteiger partial charge on any atom is 0.241 e. The van der Waals surface area contributed by atoms with Crippen molar-refractivity contribution in [3.05, 3.63) is 34.9 Å². The molecule has 2 fully saturated rings. The van der Waals surface area contributed by atoms with Gasteiger partial charge in [-0.25, -0.2) is 8.42 Å². The van der Waals surface area contributed by atoms with Crippen LogP contribution in [0.5, 0.6) is 0 Å². The fourth-order valence-corrected chi connectivity index (χ4v) is 6.09. The van der Waals surface area contributed by atoms with Crippen molar-refractivity contribution in [2.24, 2.45) is 0 Å². The van der Waals surface area contributed by atoms with E-state index in [1.54, 1.807) is 0 Å². The van der Waals surface area contributed by atoms with E-state index in [4.69, 9.17) is 16.3 Å². The summed E-state index contributed by atoms with van der Waals surface area (Å²) in [6.07, 6.45) is 5.00. The molecule has 7 heteroatoms. The Balaban J connectivity index is 1.85. The molecule has 26 heavy (non-hydrogen) atoms. The van der Waals surface area contributed by atoms with Gasteiger partial charge in [0, 0.05) is 36.5 Å². The Kier molecular flexibility index (Phi) is 5.66. The number of carbonyl (C=O) groups excluding carboxylic acids is 1. The highest BCUT2D eigenvalue weighted by atomic mass is 35.5. The lowest BCUT2D eigenvalue weighted by Crippen LogP contribution is -2.54. The monoisotopic (exact) mass is 399 g/mol. The first-order valence-corrected chi connectivity index (χ1v) is 11.4. The van der Waals surface area contributed by atoms with Crippen LogP contribution in [0.25, 0.3) is 0 Å². The molecule has 2 aliphatic rings. The molecule has 1 N–H and O–H groups in total. The Bertz CT molecular complexity index is 765. The molecule has 0 radical (unpaired) electrons. The molecule has 1 aliphatic heterocycles. The molecule has 1 aromatic carbocycles. The fraction of sp³-hybridized carbons (Fsp3) is 0.632. The Labute approximate surface area is 160 Å². The van der Waals surface area contributed by atoms with Gasteiger partial charge in [0.1, 0.15) is 4.75 Å². The summed E-state index contributed by atoms with van der Waals surface area (Å²) in [6, 6.07) is 7.66. The van der Waals surface area contributed by atoms with Gasteiger partial charge in [0.05, 0.1) is 0 Å². The molecular weight excluding hydrogens is 374 g/mol. The topological polar surface area (TPSA) is 72.5 Å². The number of hydrogen-bond donors (Lipinski definition) is 1. The summed E-state index contributed by atoms with van der Waals surface area (Å²) in [5, 5.41) is 3.64. The minimum Gasteiger partial charge on any atom is -0.381 e. The van der Waals surface area contributed by atoms with Gasteiger partial charge < -0.3 is 10.1 Å². The number of sulfone groups is 1. The largest absolute Gasteiger partial charge is 0.381 e. The molecule has 0 unspecified atom stereocenters. The molecule has 0 bridgehead atoms. The maximum atomic E-state index is 13.0. The van der Waals surface area contributed by atoms with Crippen LogP contribution in [0, 0.1) is 0 Å². The van der Waals surface area contributed by atoms with E-state index >= 15 is 0 Å². The third kappa shape index (κ3) is 3.51. The molecule has 1 saturated carbocycles. The minimum atomic E-state index is -3.47. The first-order valence-electron chi connectivity index (χ1n) is 9.11. The zero-order valence-corrected chi connectivity index (χ0v) is 16.7. The number of ether oxygens (including phenoxy) is 1. The second-order valence-corrected chi connectivity index (χ2v) is 10.3. The molecule has 1 aliphatic carbocycles. The Morgan fingerprint density at radius 3 is 2.35 bits per heavy atom. The van der Waals surface area contributed by atoms with E-state index in [9.17, 15) is 13.2 Å². The predicted molar refractivity (Wildman–Crippen MR) is 102 cm³/mol. The van der Waals surface area contributed by atoms with Gasteiger partial charge >= 0.3 is 0 Å². The third-order valence-electron chi connectivity index (χ3n) is 6.02. The van der Waals surface area contributed by atoms with Crippen LogP contribution in [0.15, 0.2) is 24.3 Å². The number of hydrogen-bond acceptors (Lipinski definition) is 4. The lowest BCUT2D eigenvalue weighted by atomic mass is 9.74. The van der Waals surface area contributed by atoms with Gasteiger partial charge in [-0.15, -0.1) is 0 Å². The van der Waals surface area contributed by atoms with Crippen molar-refractivity contribution in [3.63, 3.8) is 0 Å². The average molecular weight is 400 g/mol. The number of carbonyl (C=O) groups is 1. The molecule has 1 saturated heterocycles. The van der Waals surface area contributed by atoms with E-state index in [2.05, 4.69) is 5.32 Å². The summed E-state index contributed by atoms with van der Waals surface area (Å²) >= 11 is 6.44. The van der Waals surface area contributed by atoms with Gasteiger partial charge in [-0.1, -0.05) is 42.6 Å². The number of benzene rings is 1. The Morgan fingerprint density at radius 1 is 1.15 bits per heavy atom. The van der Waals surface area contributed by atoms with E-state index in [1.807, 2.05) is 24.3 Å². The van der Waals surface area contributed by atoms with E-state index in [0.717, 1.165) is 31.2 Å². The van der Waals surface area contributed by atoms with Crippen molar-refractivity contribution in [1.82, 2.24) is 5.32 Å². The van der Waals surface area contributed by atoms with Crippen LogP contribution in [-0.2, 0) is 24.8 Å². The van der Waals surface area contributed by atoms with Crippen LogP contribution < -0.4 is 5.32 Å². The normalized spacial score (nSPS) is 22.1. The zero-order chi connectivity index (χ0) is 18.8. The molecule has 1 heterocycles. The summed E-state index contributed by atoms with van der Waals surface area (Å²) in [5.41, 5.74) is 0.661. The molecule has 1 amide bonds. The quantitative estimate of drug-likeness (QED) is 0.826. The van der Waals surface area contributed by atoms with Crippen LogP contribution in [0.3, 0.4) is 0 Å². The van der Waals surface area contributed by atoms with Gasteiger partial charge in [-0.2, -0.15) is 0 Å². The maximum absolute atomic E-state index is 13.0. The minimum absolute atomic E-state index is 0.330. The van der Waals surface area contributed by atoms with Crippen molar-refractivity contribution in [2.45, 2.75) is 48.7 Å². The number of rotatable bonds is 5. The van der Waals surface area contributed by atoms with Crippen molar-refractivity contribution in [3.8, 4) is 0 Å². The van der Waals surface area contributed by atoms with Crippen LogP contribution in [0.2, 0.25) is 5.02 Å². The highest BCUT2D eigenvalue weighted by Crippen LogP contribution is 2.40. The lowest BCUT2D eigenvalue weighted by Gasteiger charge is -2.39.